The van der Waals surface area contributed by atoms with Crippen LogP contribution in [0.1, 0.15) is 22.6 Å². The number of nitrogens with two attached hydrogens (primary N) is 1. The fourth-order valence-electron chi connectivity index (χ4n) is 2.85. The normalized spacial score (nSPS) is 20.4. The lowest BCUT2D eigenvalue weighted by Crippen LogP contribution is -2.40. The molecule has 0 saturated carbocycles. The van der Waals surface area contributed by atoms with Gasteiger partial charge in [-0.3, -0.25) is 14.9 Å². The molecule has 3 rings (SSSR count). The van der Waals surface area contributed by atoms with E-state index in [0.29, 0.717) is 5.69 Å². The van der Waals surface area contributed by atoms with Crippen molar-refractivity contribution in [3.63, 3.8) is 0 Å². The number of aromatic amines is 2. The van der Waals surface area contributed by atoms with E-state index in [9.17, 15) is 19.1 Å². The van der Waals surface area contributed by atoms with Crippen LogP contribution in [0, 0.1) is 0 Å². The van der Waals surface area contributed by atoms with Crippen LogP contribution in [0.2, 0.25) is 0 Å². The summed E-state index contributed by atoms with van der Waals surface area (Å²) in [6, 6.07) is 3.80. The van der Waals surface area contributed by atoms with Crippen molar-refractivity contribution < 1.29 is 19.1 Å². The number of guanidine groups is 1. The first-order chi connectivity index (χ1) is 13.4. The second-order valence-electron chi connectivity index (χ2n) is 6.06. The minimum Gasteiger partial charge on any atom is -0.480 e. The zero-order chi connectivity index (χ0) is 20.3. The van der Waals surface area contributed by atoms with Gasteiger partial charge in [-0.25, -0.2) is 9.18 Å². The van der Waals surface area contributed by atoms with E-state index in [4.69, 9.17) is 5.73 Å². The predicted octanol–water partition coefficient (Wildman–Crippen LogP) is 0.178. The fourth-order valence-corrected chi connectivity index (χ4v) is 2.85. The van der Waals surface area contributed by atoms with Crippen molar-refractivity contribution in [1.29, 1.82) is 0 Å². The summed E-state index contributed by atoms with van der Waals surface area (Å²) in [7, 11) is 1.44. The number of carbonyl (C=O) groups is 2. The molecule has 0 bridgehead atoms. The molecule has 0 unspecified atom stereocenters. The fraction of sp³-hybridized carbons (Fsp3) is 0.312. The van der Waals surface area contributed by atoms with Gasteiger partial charge in [0.05, 0.1) is 12.2 Å². The van der Waals surface area contributed by atoms with Crippen LogP contribution in [0.25, 0.3) is 0 Å². The van der Waals surface area contributed by atoms with Crippen molar-refractivity contribution in [2.24, 2.45) is 15.7 Å². The lowest BCUT2D eigenvalue weighted by molar-refractivity contribution is -0.141. The highest BCUT2D eigenvalue weighted by atomic mass is 19.1. The SMILES string of the molecule is C/N=C(\N=C(\Nc1cc(C(N)=O)[nH]n1)c1ccc[nH]1)N1C[C@H](F)C[C@H]1C(=O)O. The zero-order valence-corrected chi connectivity index (χ0v) is 14.9. The molecule has 1 saturated heterocycles. The van der Waals surface area contributed by atoms with Crippen LogP contribution in [0.5, 0.6) is 0 Å². The third kappa shape index (κ3) is 4.00. The van der Waals surface area contributed by atoms with Crippen molar-refractivity contribution in [3.8, 4) is 0 Å². The van der Waals surface area contributed by atoms with Gasteiger partial charge in [-0.15, -0.1) is 0 Å². The number of rotatable bonds is 4. The van der Waals surface area contributed by atoms with Crippen molar-refractivity contribution in [3.05, 3.63) is 35.8 Å². The number of aliphatic carboxylic acids is 1. The number of carboxylic acid groups (broad SMARTS) is 1. The van der Waals surface area contributed by atoms with E-state index in [-0.39, 0.29) is 36.3 Å². The summed E-state index contributed by atoms with van der Waals surface area (Å²) >= 11 is 0. The Morgan fingerprint density at radius 1 is 1.46 bits per heavy atom. The average Bonchev–Trinajstić information content (AvgIpc) is 3.38. The summed E-state index contributed by atoms with van der Waals surface area (Å²) in [5, 5.41) is 18.7. The molecule has 3 heterocycles. The van der Waals surface area contributed by atoms with Crippen LogP contribution >= 0.6 is 0 Å². The van der Waals surface area contributed by atoms with Crippen molar-refractivity contribution in [2.75, 3.05) is 18.9 Å². The summed E-state index contributed by atoms with van der Waals surface area (Å²) in [5.41, 5.74) is 5.85. The minimum atomic E-state index is -1.29. The largest absolute Gasteiger partial charge is 0.480 e. The number of carboxylic acids is 1. The topological polar surface area (TPSA) is 165 Å². The molecule has 2 atom stereocenters. The van der Waals surface area contributed by atoms with Gasteiger partial charge in [0.15, 0.2) is 11.7 Å². The number of anilines is 1. The number of nitrogens with one attached hydrogen (secondary N) is 3. The molecule has 6 N–H and O–H groups in total. The number of aliphatic imine (C=N–C) groups is 2. The van der Waals surface area contributed by atoms with E-state index in [1.54, 1.807) is 18.3 Å². The number of nitrogens with zero attached hydrogens (tertiary/aromatic N) is 4. The van der Waals surface area contributed by atoms with Gasteiger partial charge in [0, 0.05) is 25.7 Å². The lowest BCUT2D eigenvalue weighted by Gasteiger charge is -2.22. The van der Waals surface area contributed by atoms with Crippen molar-refractivity contribution in [1.82, 2.24) is 20.1 Å². The number of aromatic nitrogens is 3. The third-order valence-corrected chi connectivity index (χ3v) is 4.15. The lowest BCUT2D eigenvalue weighted by atomic mass is 10.2. The standard InChI is InChI=1S/C16H19FN8O3/c1-19-16(25-7-8(17)5-11(25)15(27)28)22-14(9-3-2-4-20-9)21-12-6-10(13(18)26)23-24-12/h2-4,6,8,11,20H,5,7H2,1H3,(H2,18,26)(H,27,28)(H2,19,21,22,23,24)/t8-,11+/m1/s1. The van der Waals surface area contributed by atoms with Crippen LogP contribution < -0.4 is 11.1 Å². The molecular weight excluding hydrogens is 371 g/mol. The molecule has 11 nitrogen and oxygen atoms in total. The van der Waals surface area contributed by atoms with Gasteiger partial charge in [0.1, 0.15) is 17.9 Å². The molecular formula is C16H19FN8O3. The third-order valence-electron chi connectivity index (χ3n) is 4.15. The number of likely N-dealkylation sites (tertiary alicyclic amines) is 1. The van der Waals surface area contributed by atoms with E-state index in [1.165, 1.54) is 18.0 Å². The molecule has 148 valence electrons. The average molecular weight is 390 g/mol. The highest BCUT2D eigenvalue weighted by Crippen LogP contribution is 2.22. The van der Waals surface area contributed by atoms with Crippen LogP contribution in [0.4, 0.5) is 10.2 Å². The Morgan fingerprint density at radius 3 is 2.82 bits per heavy atom. The van der Waals surface area contributed by atoms with E-state index in [2.05, 4.69) is 30.5 Å². The molecule has 28 heavy (non-hydrogen) atoms. The number of H-pyrrole nitrogens is 2. The number of amidine groups is 1. The highest BCUT2D eigenvalue weighted by molar-refractivity contribution is 6.12. The molecule has 12 heteroatoms. The number of carbonyl (C=O) groups excluding carboxylic acids is 1. The minimum absolute atomic E-state index is 0.0512. The molecule has 2 aromatic heterocycles. The molecule has 0 radical (unpaired) electrons. The second-order valence-corrected chi connectivity index (χ2v) is 6.06. The number of hydrogen-bond acceptors (Lipinski definition) is 4. The first-order valence-corrected chi connectivity index (χ1v) is 8.34. The van der Waals surface area contributed by atoms with Gasteiger partial charge in [0.25, 0.3) is 5.91 Å². The van der Waals surface area contributed by atoms with Crippen molar-refractivity contribution >= 4 is 29.5 Å². The second kappa shape index (κ2) is 7.90. The Labute approximate surface area is 158 Å². The Morgan fingerprint density at radius 2 is 2.25 bits per heavy atom. The molecule has 0 spiro atoms. The Balaban J connectivity index is 1.93. The van der Waals surface area contributed by atoms with Crippen LogP contribution in [-0.4, -0.2) is 74.7 Å². The number of halogens is 1. The smallest absolute Gasteiger partial charge is 0.326 e. The Bertz CT molecular complexity index is 920. The first-order valence-electron chi connectivity index (χ1n) is 8.34. The monoisotopic (exact) mass is 390 g/mol. The van der Waals surface area contributed by atoms with Gasteiger partial charge in [-0.1, -0.05) is 0 Å². The molecule has 1 aliphatic heterocycles. The van der Waals surface area contributed by atoms with Gasteiger partial charge in [0.2, 0.25) is 5.96 Å². The number of alkyl halides is 1. The first kappa shape index (κ1) is 19.1. The molecule has 1 aliphatic rings. The molecule has 2 aromatic rings. The van der Waals surface area contributed by atoms with E-state index >= 15 is 0 Å². The molecule has 1 amide bonds. The molecule has 0 aliphatic carbocycles. The Hall–Kier alpha value is -3.70. The maximum Gasteiger partial charge on any atom is 0.326 e. The number of primary amides is 1. The Kier molecular flexibility index (Phi) is 5.38. The summed E-state index contributed by atoms with van der Waals surface area (Å²) in [6.07, 6.45) is 0.234. The zero-order valence-electron chi connectivity index (χ0n) is 14.9. The van der Waals surface area contributed by atoms with Gasteiger partial charge >= 0.3 is 5.97 Å². The maximum absolute atomic E-state index is 13.8. The quantitative estimate of drug-likeness (QED) is 0.369. The highest BCUT2D eigenvalue weighted by Gasteiger charge is 2.39. The van der Waals surface area contributed by atoms with Gasteiger partial charge in [-0.05, 0) is 12.1 Å². The summed E-state index contributed by atoms with van der Waals surface area (Å²) in [6.45, 7) is -0.126. The van der Waals surface area contributed by atoms with E-state index in [1.807, 2.05) is 0 Å². The van der Waals surface area contributed by atoms with E-state index in [0.717, 1.165) is 0 Å². The summed E-state index contributed by atoms with van der Waals surface area (Å²) < 4.78 is 13.8. The predicted molar refractivity (Wildman–Crippen MR) is 99.1 cm³/mol. The maximum atomic E-state index is 13.8. The van der Waals surface area contributed by atoms with Crippen molar-refractivity contribution in [2.45, 2.75) is 18.6 Å². The van der Waals surface area contributed by atoms with Crippen LogP contribution in [0.3, 0.4) is 0 Å². The van der Waals surface area contributed by atoms with Crippen LogP contribution in [0.15, 0.2) is 34.4 Å². The molecule has 1 fully saturated rings. The van der Waals surface area contributed by atoms with E-state index < -0.39 is 24.1 Å². The molecule has 0 aromatic carbocycles. The summed E-state index contributed by atoms with van der Waals surface area (Å²) in [5.74, 6) is -1.26. The van der Waals surface area contributed by atoms with Crippen LogP contribution in [-0.2, 0) is 4.79 Å². The van der Waals surface area contributed by atoms with Gasteiger partial charge < -0.3 is 26.0 Å². The number of amides is 1. The van der Waals surface area contributed by atoms with Gasteiger partial charge in [-0.2, -0.15) is 10.1 Å². The summed E-state index contributed by atoms with van der Waals surface area (Å²) in [4.78, 5) is 35.4. The number of hydrogen-bond donors (Lipinski definition) is 5.